The standard InChI is InChI=1S/C14H16N2O3S/c17-14(16-8-10-4-3-7-20(10,18)19)12-9-15-13-6-2-1-5-11(12)13/h1-2,5-6,9-10,15H,3-4,7-8H2,(H,16,17). The number of rotatable bonds is 3. The van der Waals surface area contributed by atoms with Crippen LogP contribution in [0.2, 0.25) is 0 Å². The summed E-state index contributed by atoms with van der Waals surface area (Å²) in [7, 11) is -3.02. The van der Waals surface area contributed by atoms with Gasteiger partial charge in [0.15, 0.2) is 9.84 Å². The Morgan fingerprint density at radius 3 is 2.90 bits per heavy atom. The molecule has 1 saturated heterocycles. The highest BCUT2D eigenvalue weighted by atomic mass is 32.2. The molecule has 0 bridgehead atoms. The normalized spacial score (nSPS) is 21.1. The third kappa shape index (κ3) is 2.31. The second-order valence-electron chi connectivity index (χ2n) is 5.09. The number of hydrogen-bond donors (Lipinski definition) is 2. The van der Waals surface area contributed by atoms with Gasteiger partial charge in [-0.2, -0.15) is 0 Å². The molecule has 1 unspecified atom stereocenters. The number of carbonyl (C=O) groups is 1. The second-order valence-corrected chi connectivity index (χ2v) is 7.49. The molecule has 1 aliphatic rings. The highest BCUT2D eigenvalue weighted by molar-refractivity contribution is 7.92. The maximum atomic E-state index is 12.2. The van der Waals surface area contributed by atoms with Crippen LogP contribution in [0.1, 0.15) is 23.2 Å². The number of aromatic amines is 1. The minimum atomic E-state index is -3.02. The first-order valence-electron chi connectivity index (χ1n) is 6.64. The average Bonchev–Trinajstić information content (AvgIpc) is 2.99. The van der Waals surface area contributed by atoms with Crippen LogP contribution in [0, 0.1) is 0 Å². The number of amides is 1. The van der Waals surface area contributed by atoms with E-state index in [0.717, 1.165) is 10.9 Å². The third-order valence-corrected chi connectivity index (χ3v) is 6.06. The van der Waals surface area contributed by atoms with Crippen molar-refractivity contribution in [3.8, 4) is 0 Å². The molecule has 1 amide bonds. The lowest BCUT2D eigenvalue weighted by Crippen LogP contribution is -2.34. The second kappa shape index (κ2) is 4.94. The first-order valence-corrected chi connectivity index (χ1v) is 8.35. The molecule has 6 heteroatoms. The predicted molar refractivity (Wildman–Crippen MR) is 77.4 cm³/mol. The molecule has 2 heterocycles. The van der Waals surface area contributed by atoms with Crippen LogP contribution < -0.4 is 5.32 Å². The van der Waals surface area contributed by atoms with E-state index in [1.807, 2.05) is 24.3 Å². The zero-order valence-corrected chi connectivity index (χ0v) is 11.7. The van der Waals surface area contributed by atoms with E-state index in [9.17, 15) is 13.2 Å². The number of H-pyrrole nitrogens is 1. The number of nitrogens with one attached hydrogen (secondary N) is 2. The van der Waals surface area contributed by atoms with Gasteiger partial charge < -0.3 is 10.3 Å². The van der Waals surface area contributed by atoms with E-state index in [0.29, 0.717) is 18.4 Å². The van der Waals surface area contributed by atoms with Gasteiger partial charge in [0.05, 0.1) is 16.6 Å². The Balaban J connectivity index is 1.74. The largest absolute Gasteiger partial charge is 0.360 e. The summed E-state index contributed by atoms with van der Waals surface area (Å²) >= 11 is 0. The van der Waals surface area contributed by atoms with E-state index >= 15 is 0 Å². The van der Waals surface area contributed by atoms with Gasteiger partial charge in [-0.05, 0) is 18.9 Å². The lowest BCUT2D eigenvalue weighted by molar-refractivity contribution is 0.0955. The van der Waals surface area contributed by atoms with Crippen molar-refractivity contribution < 1.29 is 13.2 Å². The Kier molecular flexibility index (Phi) is 3.25. The molecule has 0 saturated carbocycles. The summed E-state index contributed by atoms with van der Waals surface area (Å²) in [4.78, 5) is 15.2. The van der Waals surface area contributed by atoms with Crippen LogP contribution in [-0.4, -0.2) is 36.9 Å². The van der Waals surface area contributed by atoms with Crippen molar-refractivity contribution in [3.63, 3.8) is 0 Å². The van der Waals surface area contributed by atoms with Crippen LogP contribution in [0.4, 0.5) is 0 Å². The molecular formula is C14H16N2O3S. The van der Waals surface area contributed by atoms with E-state index in [2.05, 4.69) is 10.3 Å². The maximum absolute atomic E-state index is 12.2. The summed E-state index contributed by atoms with van der Waals surface area (Å²) < 4.78 is 23.4. The number of hydrogen-bond acceptors (Lipinski definition) is 3. The SMILES string of the molecule is O=C(NCC1CCCS1(=O)=O)c1c[nH]c2ccccc12. The summed E-state index contributed by atoms with van der Waals surface area (Å²) in [5.41, 5.74) is 1.45. The molecule has 20 heavy (non-hydrogen) atoms. The molecule has 1 aromatic carbocycles. The van der Waals surface area contributed by atoms with Crippen molar-refractivity contribution in [1.82, 2.24) is 10.3 Å². The Morgan fingerprint density at radius 2 is 2.15 bits per heavy atom. The van der Waals surface area contributed by atoms with Gasteiger partial charge in [-0.25, -0.2) is 8.42 Å². The molecule has 0 radical (unpaired) electrons. The number of sulfone groups is 1. The van der Waals surface area contributed by atoms with Crippen LogP contribution in [0.5, 0.6) is 0 Å². The average molecular weight is 292 g/mol. The van der Waals surface area contributed by atoms with Gasteiger partial charge in [-0.3, -0.25) is 4.79 Å². The van der Waals surface area contributed by atoms with Crippen LogP contribution in [0.25, 0.3) is 10.9 Å². The minimum Gasteiger partial charge on any atom is -0.360 e. The Labute approximate surface area is 117 Å². The predicted octanol–water partition coefficient (Wildman–Crippen LogP) is 1.47. The van der Waals surface area contributed by atoms with Gasteiger partial charge >= 0.3 is 0 Å². The first-order chi connectivity index (χ1) is 9.58. The summed E-state index contributed by atoms with van der Waals surface area (Å²) in [6.07, 6.45) is 2.98. The zero-order chi connectivity index (χ0) is 14.2. The summed E-state index contributed by atoms with van der Waals surface area (Å²) in [6.45, 7) is 0.195. The summed E-state index contributed by atoms with van der Waals surface area (Å²) in [5, 5.41) is 3.15. The fourth-order valence-corrected chi connectivity index (χ4v) is 4.41. The van der Waals surface area contributed by atoms with Crippen molar-refractivity contribution in [1.29, 1.82) is 0 Å². The highest BCUT2D eigenvalue weighted by Crippen LogP contribution is 2.20. The van der Waals surface area contributed by atoms with E-state index in [4.69, 9.17) is 0 Å². The molecule has 1 fully saturated rings. The summed E-state index contributed by atoms with van der Waals surface area (Å²) in [6, 6.07) is 7.53. The number of benzene rings is 1. The lowest BCUT2D eigenvalue weighted by atomic mass is 10.1. The number of para-hydroxylation sites is 1. The number of aromatic nitrogens is 1. The summed E-state index contributed by atoms with van der Waals surface area (Å²) in [5.74, 6) is 0.00483. The fraction of sp³-hybridized carbons (Fsp3) is 0.357. The molecule has 0 spiro atoms. The molecule has 3 rings (SSSR count). The topological polar surface area (TPSA) is 79.0 Å². The van der Waals surface area contributed by atoms with E-state index in [-0.39, 0.29) is 18.2 Å². The van der Waals surface area contributed by atoms with E-state index in [1.54, 1.807) is 6.20 Å². The monoisotopic (exact) mass is 292 g/mol. The highest BCUT2D eigenvalue weighted by Gasteiger charge is 2.31. The molecular weight excluding hydrogens is 276 g/mol. The smallest absolute Gasteiger partial charge is 0.253 e. The maximum Gasteiger partial charge on any atom is 0.253 e. The van der Waals surface area contributed by atoms with Crippen LogP contribution in [0.15, 0.2) is 30.5 Å². The molecule has 106 valence electrons. The van der Waals surface area contributed by atoms with Gasteiger partial charge in [0.2, 0.25) is 0 Å². The van der Waals surface area contributed by atoms with Gasteiger partial charge in [-0.15, -0.1) is 0 Å². The van der Waals surface area contributed by atoms with Crippen LogP contribution in [0.3, 0.4) is 0 Å². The van der Waals surface area contributed by atoms with E-state index in [1.165, 1.54) is 0 Å². The number of carbonyl (C=O) groups excluding carboxylic acids is 1. The molecule has 0 aliphatic carbocycles. The molecule has 1 aliphatic heterocycles. The van der Waals surface area contributed by atoms with Gasteiger partial charge in [0.25, 0.3) is 5.91 Å². The van der Waals surface area contributed by atoms with Gasteiger partial charge in [0.1, 0.15) is 0 Å². The Morgan fingerprint density at radius 1 is 1.35 bits per heavy atom. The van der Waals surface area contributed by atoms with Crippen molar-refractivity contribution in [2.24, 2.45) is 0 Å². The molecule has 5 nitrogen and oxygen atoms in total. The first kappa shape index (κ1) is 13.2. The molecule has 1 aromatic heterocycles. The zero-order valence-electron chi connectivity index (χ0n) is 10.9. The van der Waals surface area contributed by atoms with Crippen molar-refractivity contribution >= 4 is 26.6 Å². The molecule has 2 N–H and O–H groups in total. The fourth-order valence-electron chi connectivity index (χ4n) is 2.65. The Bertz CT molecular complexity index is 749. The number of fused-ring (bicyclic) bond motifs is 1. The van der Waals surface area contributed by atoms with Crippen molar-refractivity contribution in [2.75, 3.05) is 12.3 Å². The third-order valence-electron chi connectivity index (χ3n) is 3.79. The van der Waals surface area contributed by atoms with Crippen LogP contribution >= 0.6 is 0 Å². The van der Waals surface area contributed by atoms with Crippen LogP contribution in [-0.2, 0) is 9.84 Å². The van der Waals surface area contributed by atoms with Gasteiger partial charge in [-0.1, -0.05) is 18.2 Å². The molecule has 1 atom stereocenters. The minimum absolute atomic E-state index is 0.195. The van der Waals surface area contributed by atoms with Crippen molar-refractivity contribution in [2.45, 2.75) is 18.1 Å². The quantitative estimate of drug-likeness (QED) is 0.899. The van der Waals surface area contributed by atoms with Gasteiger partial charge in [0, 0.05) is 23.6 Å². The van der Waals surface area contributed by atoms with E-state index < -0.39 is 15.1 Å². The Hall–Kier alpha value is -1.82. The lowest BCUT2D eigenvalue weighted by Gasteiger charge is -2.10. The van der Waals surface area contributed by atoms with Crippen molar-refractivity contribution in [3.05, 3.63) is 36.0 Å². The molecule has 2 aromatic rings.